The molecule has 0 spiro atoms. The molecule has 0 radical (unpaired) electrons. The number of alkyl halides is 3. The van der Waals surface area contributed by atoms with Gasteiger partial charge in [0.15, 0.2) is 11.5 Å². The fraction of sp³-hybridized carbons (Fsp3) is 0.480. The molecule has 8 heteroatoms. The molecular formula is C25H29F3N2O3. The number of likely N-dealkylation sites (tertiary alicyclic amines) is 1. The van der Waals surface area contributed by atoms with Gasteiger partial charge < -0.3 is 19.7 Å². The van der Waals surface area contributed by atoms with Crippen molar-refractivity contribution in [3.8, 4) is 11.5 Å². The number of nitrogens with one attached hydrogen (secondary N) is 1. The zero-order chi connectivity index (χ0) is 23.8. The van der Waals surface area contributed by atoms with E-state index in [1.165, 1.54) is 17.7 Å². The van der Waals surface area contributed by atoms with Gasteiger partial charge in [-0.3, -0.25) is 4.79 Å². The third-order valence-electron chi connectivity index (χ3n) is 7.14. The Morgan fingerprint density at radius 3 is 2.42 bits per heavy atom. The van der Waals surface area contributed by atoms with Crippen LogP contribution in [0.15, 0.2) is 42.5 Å². The number of nitrogens with zero attached hydrogens (tertiary/aromatic N) is 1. The number of methoxy groups -OCH3 is 2. The van der Waals surface area contributed by atoms with Crippen molar-refractivity contribution in [3.05, 3.63) is 59.2 Å². The van der Waals surface area contributed by atoms with Gasteiger partial charge in [0, 0.05) is 30.1 Å². The van der Waals surface area contributed by atoms with Crippen molar-refractivity contribution in [3.63, 3.8) is 0 Å². The van der Waals surface area contributed by atoms with Gasteiger partial charge in [-0.25, -0.2) is 0 Å². The van der Waals surface area contributed by atoms with Crippen LogP contribution in [0.1, 0.15) is 40.7 Å². The Kier molecular flexibility index (Phi) is 6.31. The predicted octanol–water partition coefficient (Wildman–Crippen LogP) is 4.50. The zero-order valence-electron chi connectivity index (χ0n) is 19.0. The predicted molar refractivity (Wildman–Crippen MR) is 119 cm³/mol. The summed E-state index contributed by atoms with van der Waals surface area (Å²) < 4.78 is 49.3. The Bertz CT molecular complexity index is 1010. The second-order valence-corrected chi connectivity index (χ2v) is 9.14. The van der Waals surface area contributed by atoms with Crippen LogP contribution in [0.25, 0.3) is 0 Å². The van der Waals surface area contributed by atoms with Gasteiger partial charge in [-0.15, -0.1) is 0 Å². The zero-order valence-corrected chi connectivity index (χ0v) is 19.0. The molecule has 0 aromatic heterocycles. The van der Waals surface area contributed by atoms with Crippen LogP contribution < -0.4 is 14.8 Å². The highest BCUT2D eigenvalue weighted by atomic mass is 19.4. The molecule has 33 heavy (non-hydrogen) atoms. The Balaban J connectivity index is 1.49. The molecule has 1 saturated carbocycles. The van der Waals surface area contributed by atoms with E-state index in [1.807, 2.05) is 6.07 Å². The maximum atomic E-state index is 12.8. The van der Waals surface area contributed by atoms with Crippen molar-refractivity contribution in [1.82, 2.24) is 10.2 Å². The number of amides is 1. The Labute approximate surface area is 191 Å². The molecule has 0 bridgehead atoms. The van der Waals surface area contributed by atoms with E-state index in [4.69, 9.17) is 9.47 Å². The van der Waals surface area contributed by atoms with Gasteiger partial charge in [0.05, 0.1) is 19.8 Å². The third-order valence-corrected chi connectivity index (χ3v) is 7.14. The lowest BCUT2D eigenvalue weighted by molar-refractivity contribution is -0.137. The van der Waals surface area contributed by atoms with Crippen LogP contribution in [0.2, 0.25) is 0 Å². The monoisotopic (exact) mass is 462 g/mol. The fourth-order valence-corrected chi connectivity index (χ4v) is 5.53. The van der Waals surface area contributed by atoms with Crippen molar-refractivity contribution in [1.29, 1.82) is 0 Å². The smallest absolute Gasteiger partial charge is 0.416 e. The highest BCUT2D eigenvalue weighted by Gasteiger charge is 2.50. The maximum Gasteiger partial charge on any atom is 0.416 e. The average molecular weight is 463 g/mol. The summed E-state index contributed by atoms with van der Waals surface area (Å²) >= 11 is 0. The molecule has 2 aliphatic rings. The summed E-state index contributed by atoms with van der Waals surface area (Å²) in [6.45, 7) is 1.84. The van der Waals surface area contributed by atoms with Crippen LogP contribution in [0.5, 0.6) is 11.5 Å². The third kappa shape index (κ3) is 4.53. The summed E-state index contributed by atoms with van der Waals surface area (Å²) in [5.41, 5.74) is 0.653. The van der Waals surface area contributed by atoms with Gasteiger partial charge in [-0.05, 0) is 74.2 Å². The molecule has 0 unspecified atom stereocenters. The molecule has 3 atom stereocenters. The molecular weight excluding hydrogens is 433 g/mol. The lowest BCUT2D eigenvalue weighted by atomic mass is 9.63. The fourth-order valence-electron chi connectivity index (χ4n) is 5.53. The minimum atomic E-state index is -4.42. The van der Waals surface area contributed by atoms with E-state index in [9.17, 15) is 18.0 Å². The second-order valence-electron chi connectivity index (χ2n) is 9.14. The quantitative estimate of drug-likeness (QED) is 0.711. The molecule has 1 N–H and O–H groups in total. The molecule has 2 aromatic rings. The summed E-state index contributed by atoms with van der Waals surface area (Å²) in [6, 6.07) is 10.5. The van der Waals surface area contributed by atoms with Crippen LogP contribution in [0.3, 0.4) is 0 Å². The highest BCUT2D eigenvalue weighted by Crippen LogP contribution is 2.49. The van der Waals surface area contributed by atoms with Gasteiger partial charge in [0.2, 0.25) is 0 Å². The minimum absolute atomic E-state index is 0.0236. The number of fused-ring (bicyclic) bond motifs is 1. The first-order valence-corrected chi connectivity index (χ1v) is 11.1. The first-order valence-electron chi connectivity index (χ1n) is 11.1. The molecule has 5 nitrogen and oxygen atoms in total. The number of carbonyl (C=O) groups is 1. The molecule has 178 valence electrons. The summed E-state index contributed by atoms with van der Waals surface area (Å²) in [5, 5.41) is 3.05. The number of likely N-dealkylation sites (N-methyl/N-ethyl adjacent to an activating group) is 1. The van der Waals surface area contributed by atoms with Gasteiger partial charge in [-0.1, -0.05) is 6.07 Å². The Morgan fingerprint density at radius 2 is 1.79 bits per heavy atom. The van der Waals surface area contributed by atoms with E-state index in [1.54, 1.807) is 14.2 Å². The number of benzene rings is 2. The van der Waals surface area contributed by atoms with Crippen molar-refractivity contribution in [2.75, 3.05) is 34.4 Å². The molecule has 1 saturated heterocycles. The SMILES string of the molecule is COc1ccc([C@]23CC[C@H](NC(=O)c4ccc(C(F)(F)F)cc4)C[C@@H]2CN(C)C3)cc1OC. The number of carbonyl (C=O) groups excluding carboxylic acids is 1. The summed E-state index contributed by atoms with van der Waals surface area (Å²) in [4.78, 5) is 15.0. The molecule has 1 aliphatic carbocycles. The van der Waals surface area contributed by atoms with Gasteiger partial charge in [0.1, 0.15) is 0 Å². The number of halogens is 3. The van der Waals surface area contributed by atoms with Crippen LogP contribution in [0, 0.1) is 5.92 Å². The summed E-state index contributed by atoms with van der Waals surface area (Å²) in [6.07, 6.45) is -1.91. The van der Waals surface area contributed by atoms with Crippen molar-refractivity contribution >= 4 is 5.91 Å². The molecule has 1 heterocycles. The van der Waals surface area contributed by atoms with E-state index in [0.29, 0.717) is 17.4 Å². The normalized spacial score (nSPS) is 25.4. The van der Waals surface area contributed by atoms with Crippen molar-refractivity contribution in [2.45, 2.75) is 36.9 Å². The lowest BCUT2D eigenvalue weighted by Gasteiger charge is -2.43. The Hall–Kier alpha value is -2.74. The van der Waals surface area contributed by atoms with E-state index in [-0.39, 0.29) is 22.9 Å². The number of ether oxygens (including phenoxy) is 2. The Morgan fingerprint density at radius 1 is 1.09 bits per heavy atom. The minimum Gasteiger partial charge on any atom is -0.493 e. The van der Waals surface area contributed by atoms with E-state index < -0.39 is 11.7 Å². The first kappa shape index (κ1) is 23.4. The van der Waals surface area contributed by atoms with Gasteiger partial charge in [-0.2, -0.15) is 13.2 Å². The number of hydrogen-bond acceptors (Lipinski definition) is 4. The maximum absolute atomic E-state index is 12.8. The summed E-state index contributed by atoms with van der Waals surface area (Å²) in [5.74, 6) is 1.40. The van der Waals surface area contributed by atoms with Crippen LogP contribution in [-0.2, 0) is 11.6 Å². The number of rotatable bonds is 5. The van der Waals surface area contributed by atoms with E-state index >= 15 is 0 Å². The molecule has 1 amide bonds. The molecule has 4 rings (SSSR count). The standard InChI is InChI=1S/C25H29F3N2O3/c1-30-14-19-12-20(29-23(31)16-4-6-17(7-5-16)25(26,27)28)10-11-24(19,15-30)18-8-9-21(32-2)22(13-18)33-3/h4-9,13,19-20H,10-12,14-15H2,1-3H3,(H,29,31)/t19-,20+,24-/m1/s1. The second kappa shape index (κ2) is 8.89. The molecule has 2 aromatic carbocycles. The largest absolute Gasteiger partial charge is 0.493 e. The van der Waals surface area contributed by atoms with Gasteiger partial charge >= 0.3 is 6.18 Å². The average Bonchev–Trinajstić information content (AvgIpc) is 3.14. The lowest BCUT2D eigenvalue weighted by Crippen LogP contribution is -2.47. The highest BCUT2D eigenvalue weighted by molar-refractivity contribution is 5.94. The van der Waals surface area contributed by atoms with E-state index in [2.05, 4.69) is 29.4 Å². The van der Waals surface area contributed by atoms with Crippen LogP contribution in [0.4, 0.5) is 13.2 Å². The first-order chi connectivity index (χ1) is 15.7. The van der Waals surface area contributed by atoms with Crippen LogP contribution >= 0.6 is 0 Å². The van der Waals surface area contributed by atoms with Crippen LogP contribution in [-0.4, -0.2) is 51.2 Å². The van der Waals surface area contributed by atoms with E-state index in [0.717, 1.165) is 44.5 Å². The molecule has 1 aliphatic heterocycles. The topological polar surface area (TPSA) is 50.8 Å². The van der Waals surface area contributed by atoms with Crippen molar-refractivity contribution < 1.29 is 27.4 Å². The van der Waals surface area contributed by atoms with Crippen molar-refractivity contribution in [2.24, 2.45) is 5.92 Å². The number of hydrogen-bond donors (Lipinski definition) is 1. The van der Waals surface area contributed by atoms with Gasteiger partial charge in [0.25, 0.3) is 5.91 Å². The molecule has 2 fully saturated rings. The summed E-state index contributed by atoms with van der Waals surface area (Å²) in [7, 11) is 5.36.